The molecule has 94 valence electrons. The quantitative estimate of drug-likeness (QED) is 0.703. The van der Waals surface area contributed by atoms with Crippen LogP contribution in [0.25, 0.3) is 0 Å². The van der Waals surface area contributed by atoms with Gasteiger partial charge in [-0.1, -0.05) is 5.16 Å². The van der Waals surface area contributed by atoms with Crippen molar-refractivity contribution in [2.75, 3.05) is 13.1 Å². The number of carboxylic acids is 1. The van der Waals surface area contributed by atoms with Crippen LogP contribution < -0.4 is 0 Å². The van der Waals surface area contributed by atoms with E-state index >= 15 is 0 Å². The van der Waals surface area contributed by atoms with E-state index in [0.29, 0.717) is 4.90 Å². The van der Waals surface area contributed by atoms with Crippen molar-refractivity contribution >= 4 is 17.6 Å². The van der Waals surface area contributed by atoms with Crippen molar-refractivity contribution < 1.29 is 32.7 Å². The van der Waals surface area contributed by atoms with Crippen LogP contribution >= 0.6 is 0 Å². The van der Waals surface area contributed by atoms with E-state index in [0.717, 1.165) is 0 Å². The van der Waals surface area contributed by atoms with E-state index in [2.05, 4.69) is 9.99 Å². The van der Waals surface area contributed by atoms with Gasteiger partial charge in [-0.15, -0.1) is 0 Å². The van der Waals surface area contributed by atoms with Gasteiger partial charge in [0, 0.05) is 6.54 Å². The third-order valence-electron chi connectivity index (χ3n) is 2.65. The van der Waals surface area contributed by atoms with Gasteiger partial charge in [0.2, 0.25) is 0 Å². The first kappa shape index (κ1) is 11.7. The minimum Gasteiger partial charge on any atom is -0.477 e. The Morgan fingerprint density at radius 3 is 2.59 bits per heavy atom. The number of amides is 1. The highest BCUT2D eigenvalue weighted by atomic mass is 19.4. The average molecular weight is 252 g/mol. The van der Waals surface area contributed by atoms with Gasteiger partial charge < -0.3 is 14.8 Å². The molecule has 0 aromatic rings. The first-order valence-corrected chi connectivity index (χ1v) is 4.64. The molecule has 0 aromatic carbocycles. The number of likely N-dealkylation sites (tertiary alicyclic amines) is 1. The predicted octanol–water partition coefficient (Wildman–Crippen LogP) is -0.153. The summed E-state index contributed by atoms with van der Waals surface area (Å²) in [5.74, 6) is -4.13. The molecule has 0 radical (unpaired) electrons. The largest absolute Gasteiger partial charge is 0.477 e. The van der Waals surface area contributed by atoms with Crippen molar-refractivity contribution in [3.63, 3.8) is 0 Å². The minimum absolute atomic E-state index is 0.302. The van der Waals surface area contributed by atoms with Crippen LogP contribution in [0.2, 0.25) is 0 Å². The van der Waals surface area contributed by atoms with Crippen molar-refractivity contribution in [1.29, 1.82) is 0 Å². The number of carbonyl (C=O) groups is 2. The van der Waals surface area contributed by atoms with Crippen molar-refractivity contribution in [2.45, 2.75) is 12.3 Å². The number of hydrogen-bond donors (Lipinski definition) is 1. The van der Waals surface area contributed by atoms with Gasteiger partial charge >= 0.3 is 18.1 Å². The highest BCUT2D eigenvalue weighted by molar-refractivity contribution is 6.37. The summed E-state index contributed by atoms with van der Waals surface area (Å²) in [6, 6.07) is 0. The summed E-state index contributed by atoms with van der Waals surface area (Å²) in [6.45, 7) is -0.641. The zero-order valence-corrected chi connectivity index (χ0v) is 8.27. The number of nitrogens with zero attached hydrogens (tertiary/aromatic N) is 2. The van der Waals surface area contributed by atoms with Gasteiger partial charge in [-0.2, -0.15) is 13.2 Å². The van der Waals surface area contributed by atoms with Crippen LogP contribution in [-0.2, 0) is 14.4 Å². The van der Waals surface area contributed by atoms with E-state index in [4.69, 9.17) is 5.11 Å². The van der Waals surface area contributed by atoms with E-state index in [1.807, 2.05) is 0 Å². The van der Waals surface area contributed by atoms with Gasteiger partial charge in [0.1, 0.15) is 0 Å². The van der Waals surface area contributed by atoms with Crippen LogP contribution in [0.15, 0.2) is 5.16 Å². The summed E-state index contributed by atoms with van der Waals surface area (Å²) in [6.07, 6.45) is -5.76. The smallest absolute Gasteiger partial charge is 0.471 e. The number of hydrogen-bond acceptors (Lipinski definition) is 4. The van der Waals surface area contributed by atoms with Gasteiger partial charge in [0.25, 0.3) is 0 Å². The number of halogens is 3. The Labute approximate surface area is 92.6 Å². The van der Waals surface area contributed by atoms with Gasteiger partial charge in [0.05, 0.1) is 12.5 Å². The van der Waals surface area contributed by atoms with Crippen LogP contribution in [0.1, 0.15) is 0 Å². The molecule has 1 N–H and O–H groups in total. The second-order valence-corrected chi connectivity index (χ2v) is 3.74. The summed E-state index contributed by atoms with van der Waals surface area (Å²) in [5.41, 5.74) is -0.340. The molecular weight excluding hydrogens is 245 g/mol. The van der Waals surface area contributed by atoms with Gasteiger partial charge in [-0.25, -0.2) is 4.79 Å². The van der Waals surface area contributed by atoms with E-state index in [1.54, 1.807) is 0 Å². The zero-order chi connectivity index (χ0) is 12.8. The first-order valence-electron chi connectivity index (χ1n) is 4.64. The molecule has 0 bridgehead atoms. The molecule has 0 spiro atoms. The minimum atomic E-state index is -4.96. The lowest BCUT2D eigenvalue weighted by molar-refractivity contribution is -0.184. The summed E-state index contributed by atoms with van der Waals surface area (Å²) >= 11 is 0. The topological polar surface area (TPSA) is 79.2 Å². The van der Waals surface area contributed by atoms with Crippen LogP contribution in [0.4, 0.5) is 13.2 Å². The molecule has 0 saturated carbocycles. The second kappa shape index (κ2) is 3.60. The maximum atomic E-state index is 12.2. The summed E-state index contributed by atoms with van der Waals surface area (Å²) in [5, 5.41) is 12.0. The van der Waals surface area contributed by atoms with E-state index in [1.165, 1.54) is 0 Å². The average Bonchev–Trinajstić information content (AvgIpc) is 2.71. The second-order valence-electron chi connectivity index (χ2n) is 3.74. The molecule has 1 fully saturated rings. The fraction of sp³-hybridized carbons (Fsp3) is 0.625. The summed E-state index contributed by atoms with van der Waals surface area (Å²) in [7, 11) is 0. The molecule has 0 aromatic heterocycles. The van der Waals surface area contributed by atoms with Crippen molar-refractivity contribution in [2.24, 2.45) is 11.1 Å². The molecule has 1 amide bonds. The van der Waals surface area contributed by atoms with E-state index in [9.17, 15) is 22.8 Å². The van der Waals surface area contributed by atoms with Gasteiger partial charge in [-0.3, -0.25) is 4.79 Å². The highest BCUT2D eigenvalue weighted by Crippen LogP contribution is 2.30. The monoisotopic (exact) mass is 252 g/mol. The number of carbonyl (C=O) groups excluding carboxylic acids is 1. The Morgan fingerprint density at radius 1 is 1.41 bits per heavy atom. The Balaban J connectivity index is 2.09. The molecule has 17 heavy (non-hydrogen) atoms. The molecule has 0 aliphatic carbocycles. The highest BCUT2D eigenvalue weighted by Gasteiger charge is 2.51. The predicted molar refractivity (Wildman–Crippen MR) is 46.1 cm³/mol. The lowest BCUT2D eigenvalue weighted by atomic mass is 10.0. The fourth-order valence-electron chi connectivity index (χ4n) is 1.88. The zero-order valence-electron chi connectivity index (χ0n) is 8.27. The van der Waals surface area contributed by atoms with Crippen LogP contribution in [-0.4, -0.2) is 53.0 Å². The Bertz CT molecular complexity index is 406. The molecule has 0 unspecified atom stereocenters. The van der Waals surface area contributed by atoms with Crippen LogP contribution in [0, 0.1) is 5.92 Å². The SMILES string of the molecule is O=C(O)C1=NO[C@@H]2CN(C(=O)C(F)(F)F)C[C@H]12. The first-order chi connectivity index (χ1) is 7.80. The van der Waals surface area contributed by atoms with Crippen molar-refractivity contribution in [1.82, 2.24) is 4.90 Å². The molecule has 2 aliphatic heterocycles. The normalized spacial score (nSPS) is 27.5. The standard InChI is InChI=1S/C8H7F3N2O4/c9-8(10,11)7(16)13-1-3-4(2-13)17-12-5(3)6(14)15/h3-4H,1-2H2,(H,14,15)/t3-,4+/m0/s1. The lowest BCUT2D eigenvalue weighted by Gasteiger charge is -2.17. The Morgan fingerprint density at radius 2 is 2.06 bits per heavy atom. The molecule has 2 atom stereocenters. The van der Waals surface area contributed by atoms with Crippen LogP contribution in [0.3, 0.4) is 0 Å². The van der Waals surface area contributed by atoms with E-state index < -0.39 is 30.1 Å². The molecule has 2 heterocycles. The third-order valence-corrected chi connectivity index (χ3v) is 2.65. The van der Waals surface area contributed by atoms with Gasteiger partial charge in [0.15, 0.2) is 11.8 Å². The molecule has 6 nitrogen and oxygen atoms in total. The third kappa shape index (κ3) is 1.92. The summed E-state index contributed by atoms with van der Waals surface area (Å²) in [4.78, 5) is 26.8. The Hall–Kier alpha value is -1.80. The molecule has 1 saturated heterocycles. The molecule has 9 heteroatoms. The number of fused-ring (bicyclic) bond motifs is 1. The van der Waals surface area contributed by atoms with Crippen molar-refractivity contribution in [3.05, 3.63) is 0 Å². The van der Waals surface area contributed by atoms with Gasteiger partial charge in [-0.05, 0) is 0 Å². The van der Waals surface area contributed by atoms with Crippen LogP contribution in [0.5, 0.6) is 0 Å². The fourth-order valence-corrected chi connectivity index (χ4v) is 1.88. The molecular formula is C8H7F3N2O4. The summed E-state index contributed by atoms with van der Waals surface area (Å²) < 4.78 is 36.5. The number of oxime groups is 1. The molecule has 2 aliphatic rings. The van der Waals surface area contributed by atoms with E-state index in [-0.39, 0.29) is 18.8 Å². The maximum absolute atomic E-state index is 12.2. The lowest BCUT2D eigenvalue weighted by Crippen LogP contribution is -2.40. The van der Waals surface area contributed by atoms with Crippen molar-refractivity contribution in [3.8, 4) is 0 Å². The number of carboxylic acid groups (broad SMARTS) is 1. The molecule has 2 rings (SSSR count). The number of alkyl halides is 3. The number of rotatable bonds is 1. The number of aliphatic carboxylic acids is 1. The maximum Gasteiger partial charge on any atom is 0.471 e. The Kier molecular flexibility index (Phi) is 2.48.